The molecule has 2 N–H and O–H groups in total. The first kappa shape index (κ1) is 20.5. The van der Waals surface area contributed by atoms with Crippen LogP contribution < -0.4 is 17.0 Å². The van der Waals surface area contributed by atoms with Gasteiger partial charge in [-0.25, -0.2) is 9.36 Å². The molecule has 166 valence electrons. The summed E-state index contributed by atoms with van der Waals surface area (Å²) in [5.74, 6) is -0.287. The molecular weight excluding hydrogens is 420 g/mol. The van der Waals surface area contributed by atoms with Crippen molar-refractivity contribution in [3.05, 3.63) is 87.2 Å². The van der Waals surface area contributed by atoms with Crippen LogP contribution in [0.3, 0.4) is 0 Å². The zero-order valence-corrected chi connectivity index (χ0v) is 18.2. The van der Waals surface area contributed by atoms with Crippen LogP contribution in [-0.2, 0) is 24.8 Å². The molecular formula is C24H22N6O3. The summed E-state index contributed by atoms with van der Waals surface area (Å²) < 4.78 is 5.73. The molecule has 9 nitrogen and oxygen atoms in total. The van der Waals surface area contributed by atoms with Gasteiger partial charge >= 0.3 is 5.69 Å². The Hall–Kier alpha value is -4.40. The third kappa shape index (κ3) is 3.16. The van der Waals surface area contributed by atoms with Crippen LogP contribution in [0, 0.1) is 0 Å². The number of carbonyl (C=O) groups excluding carboxylic acids is 1. The molecule has 0 aliphatic carbocycles. The van der Waals surface area contributed by atoms with Crippen LogP contribution in [0.5, 0.6) is 0 Å². The topological polar surface area (TPSA) is 109 Å². The first-order valence-electron chi connectivity index (χ1n) is 10.6. The Morgan fingerprint density at radius 1 is 1.03 bits per heavy atom. The van der Waals surface area contributed by atoms with E-state index in [0.29, 0.717) is 5.78 Å². The van der Waals surface area contributed by atoms with Gasteiger partial charge in [-0.3, -0.25) is 23.1 Å². The van der Waals surface area contributed by atoms with Gasteiger partial charge in [0.05, 0.1) is 5.69 Å². The first-order valence-corrected chi connectivity index (χ1v) is 10.6. The highest BCUT2D eigenvalue weighted by molar-refractivity contribution is 5.80. The summed E-state index contributed by atoms with van der Waals surface area (Å²) in [6, 6.07) is 17.9. The van der Waals surface area contributed by atoms with Crippen LogP contribution in [-0.4, -0.2) is 29.0 Å². The molecule has 0 aliphatic rings. The van der Waals surface area contributed by atoms with Gasteiger partial charge in [0, 0.05) is 24.5 Å². The number of rotatable bonds is 5. The molecule has 0 fully saturated rings. The van der Waals surface area contributed by atoms with Crippen molar-refractivity contribution in [2.75, 3.05) is 0 Å². The number of nitrogens with zero attached hydrogens (tertiary/aromatic N) is 5. The average Bonchev–Trinajstić information content (AvgIpc) is 3.37. The second-order valence-corrected chi connectivity index (χ2v) is 7.89. The number of amides is 1. The van der Waals surface area contributed by atoms with Crippen molar-refractivity contribution in [2.24, 2.45) is 12.8 Å². The minimum atomic E-state index is -0.770. The molecule has 3 heterocycles. The fourth-order valence-corrected chi connectivity index (χ4v) is 4.14. The third-order valence-electron chi connectivity index (χ3n) is 5.84. The van der Waals surface area contributed by atoms with E-state index in [-0.39, 0.29) is 11.2 Å². The number of carbonyl (C=O) groups is 1. The number of hydrogen-bond acceptors (Lipinski definition) is 4. The maximum atomic E-state index is 13.3. The number of nitrogens with two attached hydrogens (primary N) is 1. The number of fused-ring (bicyclic) bond motifs is 3. The molecule has 0 saturated heterocycles. The van der Waals surface area contributed by atoms with Crippen molar-refractivity contribution in [3.8, 4) is 16.9 Å². The van der Waals surface area contributed by atoms with Gasteiger partial charge in [-0.1, -0.05) is 49.4 Å². The first-order chi connectivity index (χ1) is 15.9. The van der Waals surface area contributed by atoms with E-state index in [4.69, 9.17) is 5.73 Å². The number of imidazole rings is 2. The minimum absolute atomic E-state index is 0.203. The number of aromatic nitrogens is 5. The molecule has 0 saturated carbocycles. The van der Waals surface area contributed by atoms with Crippen molar-refractivity contribution in [3.63, 3.8) is 0 Å². The predicted molar refractivity (Wildman–Crippen MR) is 126 cm³/mol. The van der Waals surface area contributed by atoms with E-state index in [0.717, 1.165) is 27.9 Å². The van der Waals surface area contributed by atoms with E-state index >= 15 is 0 Å². The highest BCUT2D eigenvalue weighted by atomic mass is 16.2. The predicted octanol–water partition coefficient (Wildman–Crippen LogP) is 1.85. The minimum Gasteiger partial charge on any atom is -0.368 e. The van der Waals surface area contributed by atoms with Crippen LogP contribution in [0.15, 0.2) is 70.4 Å². The molecule has 1 amide bonds. The molecule has 0 radical (unpaired) electrons. The molecule has 0 unspecified atom stereocenters. The third-order valence-corrected chi connectivity index (χ3v) is 5.84. The Balaban J connectivity index is 1.91. The van der Waals surface area contributed by atoms with Crippen LogP contribution in [0.2, 0.25) is 0 Å². The van der Waals surface area contributed by atoms with Crippen molar-refractivity contribution in [2.45, 2.75) is 19.9 Å². The van der Waals surface area contributed by atoms with E-state index in [2.05, 4.69) is 24.0 Å². The molecule has 5 aromatic rings. The molecule has 0 bridgehead atoms. The summed E-state index contributed by atoms with van der Waals surface area (Å²) in [4.78, 5) is 42.1. The zero-order chi connectivity index (χ0) is 23.3. The Labute approximate surface area is 187 Å². The number of primary amides is 1. The highest BCUT2D eigenvalue weighted by Gasteiger charge is 2.22. The normalized spacial score (nSPS) is 11.5. The van der Waals surface area contributed by atoms with E-state index in [1.807, 2.05) is 53.2 Å². The molecule has 0 aliphatic heterocycles. The van der Waals surface area contributed by atoms with Gasteiger partial charge in [0.1, 0.15) is 6.54 Å². The summed E-state index contributed by atoms with van der Waals surface area (Å²) in [5.41, 5.74) is 8.31. The Morgan fingerprint density at radius 3 is 2.36 bits per heavy atom. The number of aryl methyl sites for hydroxylation is 2. The zero-order valence-electron chi connectivity index (χ0n) is 18.2. The molecule has 0 spiro atoms. The summed E-state index contributed by atoms with van der Waals surface area (Å²) in [5, 5.41) is 0. The number of hydrogen-bond donors (Lipinski definition) is 1. The van der Waals surface area contributed by atoms with Gasteiger partial charge in [0.25, 0.3) is 5.56 Å². The second kappa shape index (κ2) is 7.63. The lowest BCUT2D eigenvalue weighted by molar-refractivity contribution is -0.118. The van der Waals surface area contributed by atoms with E-state index in [1.54, 1.807) is 4.40 Å². The monoisotopic (exact) mass is 442 g/mol. The standard InChI is InChI=1S/C24H22N6O3/c1-3-15-9-11-17(12-10-15)30-18(16-7-5-4-6-8-16)13-28-20-21(26-23(28)30)27(2)24(33)29(22(20)32)14-19(25)31/h4-13H,3,14H2,1-2H3,(H2,25,31). The van der Waals surface area contributed by atoms with Crippen molar-refractivity contribution in [1.82, 2.24) is 23.1 Å². The molecule has 0 atom stereocenters. The Kier molecular flexibility index (Phi) is 4.74. The maximum absolute atomic E-state index is 13.3. The highest BCUT2D eigenvalue weighted by Crippen LogP contribution is 2.29. The smallest absolute Gasteiger partial charge is 0.332 e. The summed E-state index contributed by atoms with van der Waals surface area (Å²) >= 11 is 0. The van der Waals surface area contributed by atoms with Crippen LogP contribution in [0.4, 0.5) is 0 Å². The van der Waals surface area contributed by atoms with Crippen molar-refractivity contribution < 1.29 is 4.79 Å². The fourth-order valence-electron chi connectivity index (χ4n) is 4.14. The van der Waals surface area contributed by atoms with Crippen LogP contribution >= 0.6 is 0 Å². The average molecular weight is 442 g/mol. The molecule has 9 heteroatoms. The van der Waals surface area contributed by atoms with Gasteiger partial charge in [0.2, 0.25) is 11.7 Å². The lowest BCUT2D eigenvalue weighted by Crippen LogP contribution is -2.42. The molecule has 2 aromatic carbocycles. The SMILES string of the molecule is CCc1ccc(-n2c(-c3ccccc3)cn3c4c(=O)n(CC(N)=O)c(=O)n(C)c4nc23)cc1. The molecule has 3 aromatic heterocycles. The molecule has 5 rings (SSSR count). The second-order valence-electron chi connectivity index (χ2n) is 7.89. The van der Waals surface area contributed by atoms with Gasteiger partial charge in [-0.05, 0) is 24.1 Å². The van der Waals surface area contributed by atoms with E-state index in [1.165, 1.54) is 17.2 Å². The van der Waals surface area contributed by atoms with Gasteiger partial charge < -0.3 is 5.73 Å². The van der Waals surface area contributed by atoms with Crippen LogP contribution in [0.25, 0.3) is 33.9 Å². The van der Waals surface area contributed by atoms with Gasteiger partial charge in [-0.15, -0.1) is 0 Å². The van der Waals surface area contributed by atoms with Crippen LogP contribution in [0.1, 0.15) is 12.5 Å². The van der Waals surface area contributed by atoms with Crippen molar-refractivity contribution in [1.29, 1.82) is 0 Å². The largest absolute Gasteiger partial charge is 0.368 e. The van der Waals surface area contributed by atoms with E-state index in [9.17, 15) is 14.4 Å². The molecule has 33 heavy (non-hydrogen) atoms. The summed E-state index contributed by atoms with van der Waals surface area (Å²) in [6.07, 6.45) is 2.75. The van der Waals surface area contributed by atoms with Crippen molar-refractivity contribution >= 4 is 22.8 Å². The number of benzene rings is 2. The van der Waals surface area contributed by atoms with Gasteiger partial charge in [0.15, 0.2) is 11.2 Å². The fraction of sp³-hybridized carbons (Fsp3) is 0.167. The lowest BCUT2D eigenvalue weighted by atomic mass is 10.1. The summed E-state index contributed by atoms with van der Waals surface area (Å²) in [7, 11) is 1.52. The van der Waals surface area contributed by atoms with Gasteiger partial charge in [-0.2, -0.15) is 4.98 Å². The summed E-state index contributed by atoms with van der Waals surface area (Å²) in [6.45, 7) is 1.59. The lowest BCUT2D eigenvalue weighted by Gasteiger charge is -2.10. The maximum Gasteiger partial charge on any atom is 0.332 e. The Bertz CT molecular complexity index is 1640. The van der Waals surface area contributed by atoms with E-state index < -0.39 is 23.7 Å². The quantitative estimate of drug-likeness (QED) is 0.448. The Morgan fingerprint density at radius 2 is 1.73 bits per heavy atom.